The van der Waals surface area contributed by atoms with E-state index >= 15 is 0 Å². The second-order valence-corrected chi connectivity index (χ2v) is 3.30. The van der Waals surface area contributed by atoms with Gasteiger partial charge in [0, 0.05) is 0 Å². The van der Waals surface area contributed by atoms with Gasteiger partial charge in [-0.05, 0) is 0 Å². The van der Waals surface area contributed by atoms with Gasteiger partial charge in [-0.25, -0.2) is 0 Å². The fraction of sp³-hybridized carbons (Fsp3) is 0.556. The van der Waals surface area contributed by atoms with E-state index in [9.17, 15) is 4.79 Å². The van der Waals surface area contributed by atoms with E-state index in [4.69, 9.17) is 10.3 Å². The maximum Gasteiger partial charge on any atom is 0.323 e. The van der Waals surface area contributed by atoms with E-state index in [1.165, 1.54) is 0 Å². The standard InChI is InChI=1S/C9H14N2O2/c1-4-5-13-7-9(2,3)8(12)6-11-10/h4,6H,1,5,7H2,2-3H3. The first-order chi connectivity index (χ1) is 6.04. The zero-order valence-electron chi connectivity index (χ0n) is 7.99. The largest absolute Gasteiger partial charge is 0.376 e. The minimum Gasteiger partial charge on any atom is -0.376 e. The molecule has 0 amide bonds. The normalized spacial score (nSPS) is 10.3. The minimum absolute atomic E-state index is 0.265. The molecule has 0 heterocycles. The van der Waals surface area contributed by atoms with Crippen LogP contribution in [-0.4, -0.2) is 30.0 Å². The lowest BCUT2D eigenvalue weighted by molar-refractivity contribution is -0.126. The van der Waals surface area contributed by atoms with Crippen molar-refractivity contribution < 1.29 is 14.3 Å². The Morgan fingerprint density at radius 1 is 1.69 bits per heavy atom. The predicted octanol–water partition coefficient (Wildman–Crippen LogP) is 1.08. The molecule has 0 aromatic carbocycles. The van der Waals surface area contributed by atoms with Crippen molar-refractivity contribution in [2.45, 2.75) is 13.8 Å². The molecule has 0 atom stereocenters. The highest BCUT2D eigenvalue weighted by Crippen LogP contribution is 2.15. The van der Waals surface area contributed by atoms with Gasteiger partial charge in [-0.2, -0.15) is 4.79 Å². The molecule has 0 spiro atoms. The summed E-state index contributed by atoms with van der Waals surface area (Å²) in [7, 11) is 0. The summed E-state index contributed by atoms with van der Waals surface area (Å²) in [6, 6.07) is 0. The Morgan fingerprint density at radius 3 is 2.77 bits per heavy atom. The molecule has 0 saturated carbocycles. The summed E-state index contributed by atoms with van der Waals surface area (Å²) in [5, 5.41) is 0. The van der Waals surface area contributed by atoms with Crippen LogP contribution in [-0.2, 0) is 9.53 Å². The summed E-state index contributed by atoms with van der Waals surface area (Å²) in [4.78, 5) is 13.9. The van der Waals surface area contributed by atoms with E-state index < -0.39 is 5.41 Å². The molecular weight excluding hydrogens is 168 g/mol. The molecule has 0 saturated heterocycles. The lowest BCUT2D eigenvalue weighted by Crippen LogP contribution is -2.30. The molecule has 0 aromatic rings. The molecule has 0 N–H and O–H groups in total. The predicted molar refractivity (Wildman–Crippen MR) is 49.5 cm³/mol. The molecule has 0 unspecified atom stereocenters. The molecule has 72 valence electrons. The summed E-state index contributed by atoms with van der Waals surface area (Å²) in [5.41, 5.74) is 7.51. The highest BCUT2D eigenvalue weighted by Gasteiger charge is 2.29. The van der Waals surface area contributed by atoms with Crippen LogP contribution in [0.1, 0.15) is 13.8 Å². The molecule has 0 aliphatic rings. The van der Waals surface area contributed by atoms with Crippen molar-refractivity contribution in [1.29, 1.82) is 0 Å². The van der Waals surface area contributed by atoms with Gasteiger partial charge < -0.3 is 10.3 Å². The number of hydrogen-bond donors (Lipinski definition) is 0. The van der Waals surface area contributed by atoms with Gasteiger partial charge in [0.1, 0.15) is 0 Å². The molecule has 4 heteroatoms. The Morgan fingerprint density at radius 2 is 2.31 bits per heavy atom. The van der Waals surface area contributed by atoms with E-state index in [1.807, 2.05) is 0 Å². The van der Waals surface area contributed by atoms with Crippen LogP contribution in [0.15, 0.2) is 12.7 Å². The van der Waals surface area contributed by atoms with Crippen LogP contribution in [0.25, 0.3) is 5.53 Å². The molecule has 0 aliphatic carbocycles. The minimum atomic E-state index is -0.657. The van der Waals surface area contributed by atoms with E-state index in [0.29, 0.717) is 6.61 Å². The van der Waals surface area contributed by atoms with Crippen LogP contribution >= 0.6 is 0 Å². The Hall–Kier alpha value is -1.25. The molecule has 0 aromatic heterocycles. The van der Waals surface area contributed by atoms with Crippen molar-refractivity contribution in [3.8, 4) is 0 Å². The number of carbonyl (C=O) groups excluding carboxylic acids is 1. The van der Waals surface area contributed by atoms with Crippen LogP contribution in [0.4, 0.5) is 0 Å². The molecule has 0 bridgehead atoms. The fourth-order valence-electron chi connectivity index (χ4n) is 0.696. The number of carbonyl (C=O) groups is 1. The first-order valence-electron chi connectivity index (χ1n) is 3.95. The number of rotatable bonds is 6. The van der Waals surface area contributed by atoms with Crippen LogP contribution < -0.4 is 0 Å². The van der Waals surface area contributed by atoms with E-state index in [1.54, 1.807) is 19.9 Å². The maximum atomic E-state index is 11.2. The second kappa shape index (κ2) is 5.41. The third-order valence-electron chi connectivity index (χ3n) is 1.54. The quantitative estimate of drug-likeness (QED) is 0.203. The highest BCUT2D eigenvalue weighted by atomic mass is 16.5. The van der Waals surface area contributed by atoms with Crippen LogP contribution in [0.3, 0.4) is 0 Å². The first-order valence-corrected chi connectivity index (χ1v) is 3.95. The Balaban J connectivity index is 4.12. The number of Topliss-reactive ketones (excluding diaryl/α,β-unsaturated/α-hetero) is 1. The Bertz CT molecular complexity index is 240. The second-order valence-electron chi connectivity index (χ2n) is 3.30. The first kappa shape index (κ1) is 11.8. The third-order valence-corrected chi connectivity index (χ3v) is 1.54. The van der Waals surface area contributed by atoms with Crippen molar-refractivity contribution in [2.24, 2.45) is 5.41 Å². The summed E-state index contributed by atoms with van der Waals surface area (Å²) < 4.78 is 5.13. The van der Waals surface area contributed by atoms with Crippen LogP contribution in [0.5, 0.6) is 0 Å². The average molecular weight is 182 g/mol. The topological polar surface area (TPSA) is 62.7 Å². The molecule has 13 heavy (non-hydrogen) atoms. The van der Waals surface area contributed by atoms with Gasteiger partial charge in [0.2, 0.25) is 5.78 Å². The average Bonchev–Trinajstić information content (AvgIpc) is 2.05. The summed E-state index contributed by atoms with van der Waals surface area (Å²) in [6.45, 7) is 7.62. The highest BCUT2D eigenvalue weighted by molar-refractivity contribution is 6.27. The smallest absolute Gasteiger partial charge is 0.323 e. The third kappa shape index (κ3) is 4.35. The van der Waals surface area contributed by atoms with Gasteiger partial charge in [-0.3, -0.25) is 4.79 Å². The van der Waals surface area contributed by atoms with Crippen molar-refractivity contribution >= 4 is 12.0 Å². The molecule has 0 radical (unpaired) electrons. The fourth-order valence-corrected chi connectivity index (χ4v) is 0.696. The van der Waals surface area contributed by atoms with Crippen LogP contribution in [0, 0.1) is 5.41 Å². The maximum absolute atomic E-state index is 11.2. The lowest BCUT2D eigenvalue weighted by Gasteiger charge is -2.18. The zero-order chi connectivity index (χ0) is 10.3. The lowest BCUT2D eigenvalue weighted by atomic mass is 9.90. The number of ether oxygens (including phenoxy) is 1. The van der Waals surface area contributed by atoms with Gasteiger partial charge in [0.25, 0.3) is 0 Å². The molecule has 0 rings (SSSR count). The van der Waals surface area contributed by atoms with E-state index in [2.05, 4.69) is 11.4 Å². The SMILES string of the molecule is C=CCOCC(C)(C)C(=O)C=[N+]=[N-]. The van der Waals surface area contributed by atoms with Gasteiger partial charge in [-0.15, -0.1) is 6.58 Å². The van der Waals surface area contributed by atoms with E-state index in [-0.39, 0.29) is 12.4 Å². The van der Waals surface area contributed by atoms with Crippen molar-refractivity contribution in [2.75, 3.05) is 13.2 Å². The number of ketones is 1. The zero-order valence-corrected chi connectivity index (χ0v) is 7.99. The molecular formula is C9H14N2O2. The van der Waals surface area contributed by atoms with Gasteiger partial charge in [-0.1, -0.05) is 19.9 Å². The molecule has 0 fully saturated rings. The number of hydrogen-bond acceptors (Lipinski definition) is 2. The summed E-state index contributed by atoms with van der Waals surface area (Å²) in [5.74, 6) is -0.265. The molecule has 4 nitrogen and oxygen atoms in total. The van der Waals surface area contributed by atoms with Gasteiger partial charge >= 0.3 is 6.21 Å². The summed E-state index contributed by atoms with van der Waals surface area (Å²) in [6.07, 6.45) is 2.50. The summed E-state index contributed by atoms with van der Waals surface area (Å²) >= 11 is 0. The Kier molecular flexibility index (Phi) is 4.89. The number of nitrogens with zero attached hydrogens (tertiary/aromatic N) is 2. The van der Waals surface area contributed by atoms with Crippen molar-refractivity contribution in [1.82, 2.24) is 0 Å². The van der Waals surface area contributed by atoms with Crippen molar-refractivity contribution in [3.63, 3.8) is 0 Å². The molecule has 0 aliphatic heterocycles. The van der Waals surface area contributed by atoms with Crippen molar-refractivity contribution in [3.05, 3.63) is 18.2 Å². The monoisotopic (exact) mass is 182 g/mol. The van der Waals surface area contributed by atoms with Gasteiger partial charge in [0.15, 0.2) is 0 Å². The Labute approximate surface area is 77.8 Å². The van der Waals surface area contributed by atoms with Crippen LogP contribution in [0.2, 0.25) is 0 Å². The van der Waals surface area contributed by atoms with E-state index in [0.717, 1.165) is 6.21 Å². The van der Waals surface area contributed by atoms with Gasteiger partial charge in [0.05, 0.1) is 18.6 Å².